The van der Waals surface area contributed by atoms with E-state index in [1.54, 1.807) is 12.1 Å². The second-order valence-corrected chi connectivity index (χ2v) is 3.94. The van der Waals surface area contributed by atoms with E-state index in [1.807, 2.05) is 6.92 Å². The molecule has 0 atom stereocenters. The Labute approximate surface area is 105 Å². The predicted molar refractivity (Wildman–Crippen MR) is 71.2 cm³/mol. The molecule has 0 aliphatic carbocycles. The number of nitrogens with one attached hydrogen (secondary N) is 1. The fraction of sp³-hybridized carbons (Fsp3) is 0.250. The highest BCUT2D eigenvalue weighted by atomic mass is 16.6. The molecule has 3 N–H and O–H groups in total. The lowest BCUT2D eigenvalue weighted by atomic mass is 10.2. The van der Waals surface area contributed by atoms with Gasteiger partial charge in [-0.3, -0.25) is 10.1 Å². The molecule has 0 spiro atoms. The Morgan fingerprint density at radius 2 is 2.11 bits per heavy atom. The molecule has 0 heterocycles. The van der Waals surface area contributed by atoms with Gasteiger partial charge in [0.2, 0.25) is 0 Å². The topological polar surface area (TPSA) is 93.5 Å². The molecule has 0 bridgehead atoms. The van der Waals surface area contributed by atoms with Crippen molar-refractivity contribution in [3.05, 3.63) is 52.1 Å². The van der Waals surface area contributed by atoms with Crippen LogP contribution in [0.3, 0.4) is 0 Å². The van der Waals surface area contributed by atoms with Crippen LogP contribution >= 0.6 is 0 Å². The van der Waals surface area contributed by atoms with Gasteiger partial charge < -0.3 is 11.1 Å². The highest BCUT2D eigenvalue weighted by Crippen LogP contribution is 2.12. The molecule has 0 aromatic heterocycles. The van der Waals surface area contributed by atoms with Crippen LogP contribution in [0.4, 0.5) is 5.69 Å². The van der Waals surface area contributed by atoms with Gasteiger partial charge in [-0.15, -0.1) is 0 Å². The molecule has 1 aromatic rings. The monoisotopic (exact) mass is 248 g/mol. The zero-order valence-corrected chi connectivity index (χ0v) is 10.2. The Morgan fingerprint density at radius 1 is 1.50 bits per heavy atom. The zero-order chi connectivity index (χ0) is 13.5. The van der Waals surface area contributed by atoms with Crippen molar-refractivity contribution in [1.82, 2.24) is 5.32 Å². The molecule has 0 aliphatic heterocycles. The third-order valence-corrected chi connectivity index (χ3v) is 2.15. The molecule has 1 rings (SSSR count). The zero-order valence-electron chi connectivity index (χ0n) is 10.2. The summed E-state index contributed by atoms with van der Waals surface area (Å²) in [5, 5.41) is 13.4. The number of non-ortho nitro benzene ring substituents is 1. The lowest BCUT2D eigenvalue weighted by Crippen LogP contribution is -2.32. The normalized spacial score (nSPS) is 11.1. The van der Waals surface area contributed by atoms with Crippen LogP contribution in [0.15, 0.2) is 41.4 Å². The molecule has 0 radical (unpaired) electrons. The van der Waals surface area contributed by atoms with Gasteiger partial charge in [-0.05, 0) is 12.5 Å². The first-order valence-corrected chi connectivity index (χ1v) is 5.40. The van der Waals surface area contributed by atoms with Gasteiger partial charge >= 0.3 is 0 Å². The highest BCUT2D eigenvalue weighted by Gasteiger charge is 2.03. The molecule has 6 nitrogen and oxygen atoms in total. The van der Waals surface area contributed by atoms with E-state index in [-0.39, 0.29) is 5.69 Å². The third kappa shape index (κ3) is 4.65. The maximum Gasteiger partial charge on any atom is 0.269 e. The van der Waals surface area contributed by atoms with E-state index in [1.165, 1.54) is 12.1 Å². The van der Waals surface area contributed by atoms with Gasteiger partial charge in [0.05, 0.1) is 11.5 Å². The van der Waals surface area contributed by atoms with Crippen LogP contribution in [0.2, 0.25) is 0 Å². The van der Waals surface area contributed by atoms with Crippen LogP contribution < -0.4 is 11.1 Å². The summed E-state index contributed by atoms with van der Waals surface area (Å²) < 4.78 is 0. The van der Waals surface area contributed by atoms with Crippen molar-refractivity contribution in [2.45, 2.75) is 13.5 Å². The van der Waals surface area contributed by atoms with Crippen LogP contribution in [0.5, 0.6) is 0 Å². The van der Waals surface area contributed by atoms with Crippen LogP contribution in [-0.4, -0.2) is 17.4 Å². The summed E-state index contributed by atoms with van der Waals surface area (Å²) in [6.45, 7) is 6.58. The number of rotatable bonds is 5. The summed E-state index contributed by atoms with van der Waals surface area (Å²) >= 11 is 0. The van der Waals surface area contributed by atoms with Gasteiger partial charge in [0.15, 0.2) is 5.96 Å². The lowest BCUT2D eigenvalue weighted by molar-refractivity contribution is -0.384. The molecule has 0 aliphatic rings. The van der Waals surface area contributed by atoms with Crippen molar-refractivity contribution < 1.29 is 4.92 Å². The third-order valence-electron chi connectivity index (χ3n) is 2.15. The van der Waals surface area contributed by atoms with Gasteiger partial charge in [0, 0.05) is 18.7 Å². The van der Waals surface area contributed by atoms with E-state index in [2.05, 4.69) is 16.9 Å². The lowest BCUT2D eigenvalue weighted by Gasteiger charge is -2.04. The summed E-state index contributed by atoms with van der Waals surface area (Å²) in [6.07, 6.45) is 0. The quantitative estimate of drug-likeness (QED) is 0.272. The smallest absolute Gasteiger partial charge is 0.269 e. The van der Waals surface area contributed by atoms with Gasteiger partial charge in [-0.1, -0.05) is 24.3 Å². The number of hydrogen-bond acceptors (Lipinski definition) is 3. The summed E-state index contributed by atoms with van der Waals surface area (Å²) in [5.74, 6) is 0.330. The van der Waals surface area contributed by atoms with Crippen LogP contribution in [0, 0.1) is 10.1 Å². The van der Waals surface area contributed by atoms with E-state index in [9.17, 15) is 10.1 Å². The number of nitrogens with two attached hydrogens (primary N) is 1. The summed E-state index contributed by atoms with van der Waals surface area (Å²) in [4.78, 5) is 14.1. The first-order valence-electron chi connectivity index (χ1n) is 5.40. The average Bonchev–Trinajstić information content (AvgIpc) is 2.34. The largest absolute Gasteiger partial charge is 0.370 e. The number of nitrogens with zero attached hydrogens (tertiary/aromatic N) is 2. The van der Waals surface area contributed by atoms with Crippen molar-refractivity contribution in [3.8, 4) is 0 Å². The number of guanidine groups is 1. The molecule has 18 heavy (non-hydrogen) atoms. The summed E-state index contributed by atoms with van der Waals surface area (Å²) in [6, 6.07) is 6.21. The number of benzene rings is 1. The standard InChI is InChI=1S/C12H16N4O2/c1-9(2)7-14-12(13)15-8-10-3-5-11(6-4-10)16(17)18/h3-6H,1,7-8H2,2H3,(H3,13,14,15). The Kier molecular flexibility index (Phi) is 4.86. The number of nitro benzene ring substituents is 1. The van der Waals surface area contributed by atoms with E-state index in [4.69, 9.17) is 5.73 Å². The molecule has 96 valence electrons. The summed E-state index contributed by atoms with van der Waals surface area (Å²) in [7, 11) is 0. The number of hydrogen-bond donors (Lipinski definition) is 2. The molecule has 0 fully saturated rings. The van der Waals surface area contributed by atoms with Crippen molar-refractivity contribution in [2.24, 2.45) is 10.7 Å². The van der Waals surface area contributed by atoms with Gasteiger partial charge in [-0.2, -0.15) is 0 Å². The first kappa shape index (κ1) is 13.7. The van der Waals surface area contributed by atoms with E-state index in [0.29, 0.717) is 19.0 Å². The highest BCUT2D eigenvalue weighted by molar-refractivity contribution is 5.78. The van der Waals surface area contributed by atoms with Crippen LogP contribution in [0.25, 0.3) is 0 Å². The fourth-order valence-electron chi connectivity index (χ4n) is 1.20. The van der Waals surface area contributed by atoms with Gasteiger partial charge in [0.1, 0.15) is 0 Å². The average molecular weight is 248 g/mol. The maximum absolute atomic E-state index is 10.5. The Morgan fingerprint density at radius 3 is 2.61 bits per heavy atom. The molecule has 0 saturated carbocycles. The molecule has 0 amide bonds. The minimum atomic E-state index is -0.435. The number of aliphatic imine (C=N–C) groups is 1. The molecular formula is C12H16N4O2. The Hall–Kier alpha value is -2.37. The minimum Gasteiger partial charge on any atom is -0.370 e. The molecule has 0 unspecified atom stereocenters. The predicted octanol–water partition coefficient (Wildman–Crippen LogP) is 1.58. The Balaban J connectivity index is 2.54. The SMILES string of the molecule is C=C(C)CNC(N)=NCc1ccc([N+](=O)[O-])cc1. The summed E-state index contributed by atoms with van der Waals surface area (Å²) in [5.41, 5.74) is 7.53. The molecule has 0 saturated heterocycles. The fourth-order valence-corrected chi connectivity index (χ4v) is 1.20. The van der Waals surface area contributed by atoms with Crippen molar-refractivity contribution in [2.75, 3.05) is 6.54 Å². The van der Waals surface area contributed by atoms with Crippen molar-refractivity contribution in [1.29, 1.82) is 0 Å². The van der Waals surface area contributed by atoms with E-state index < -0.39 is 4.92 Å². The molecule has 1 aromatic carbocycles. The Bertz CT molecular complexity index is 465. The van der Waals surface area contributed by atoms with E-state index in [0.717, 1.165) is 11.1 Å². The second-order valence-electron chi connectivity index (χ2n) is 3.94. The minimum absolute atomic E-state index is 0.0658. The number of nitro groups is 1. The van der Waals surface area contributed by atoms with Gasteiger partial charge in [0.25, 0.3) is 5.69 Å². The molecular weight excluding hydrogens is 232 g/mol. The second kappa shape index (κ2) is 6.39. The van der Waals surface area contributed by atoms with Crippen LogP contribution in [-0.2, 0) is 6.54 Å². The maximum atomic E-state index is 10.5. The van der Waals surface area contributed by atoms with Gasteiger partial charge in [-0.25, -0.2) is 4.99 Å². The first-order chi connectivity index (χ1) is 8.49. The van der Waals surface area contributed by atoms with E-state index >= 15 is 0 Å². The van der Waals surface area contributed by atoms with Crippen molar-refractivity contribution >= 4 is 11.6 Å². The van der Waals surface area contributed by atoms with Crippen molar-refractivity contribution in [3.63, 3.8) is 0 Å². The molecule has 6 heteroatoms. The van der Waals surface area contributed by atoms with Crippen LogP contribution in [0.1, 0.15) is 12.5 Å².